The lowest BCUT2D eigenvalue weighted by Crippen LogP contribution is -2.34. The smallest absolute Gasteiger partial charge is 0.155 e. The van der Waals surface area contributed by atoms with Crippen molar-refractivity contribution in [3.05, 3.63) is 76.2 Å². The van der Waals surface area contributed by atoms with Crippen molar-refractivity contribution in [3.63, 3.8) is 0 Å². The Morgan fingerprint density at radius 1 is 1.09 bits per heavy atom. The molecule has 3 aromatic rings. The van der Waals surface area contributed by atoms with Crippen LogP contribution >= 0.6 is 0 Å². The fourth-order valence-corrected chi connectivity index (χ4v) is 3.91. The molecule has 0 atom stereocenters. The van der Waals surface area contributed by atoms with E-state index in [0.717, 1.165) is 33.1 Å². The van der Waals surface area contributed by atoms with E-state index in [9.17, 15) is 5.26 Å². The second kappa shape index (κ2) is 8.04. The van der Waals surface area contributed by atoms with Crippen molar-refractivity contribution in [2.75, 3.05) is 5.73 Å². The zero-order valence-electron chi connectivity index (χ0n) is 17.5. The van der Waals surface area contributed by atoms with Crippen LogP contribution in [0.5, 0.6) is 0 Å². The standard InChI is InChI=1S/C24H20N8/c1-15-4-2-7-19(28-15)14-32-30-22-20(17-8-10-27-11-9-17)21(29-24(26)23(22)31-32)18-6-3-5-16(12-18)13-25/h2-5,7-8,10-12H,6,9,14H2,1H3,(H2,26,29). The highest BCUT2D eigenvalue weighted by molar-refractivity contribution is 5.89. The molecule has 0 unspecified atom stereocenters. The highest BCUT2D eigenvalue weighted by Gasteiger charge is 2.16. The molecule has 8 nitrogen and oxygen atoms in total. The second-order valence-corrected chi connectivity index (χ2v) is 7.64. The molecule has 0 amide bonds. The van der Waals surface area contributed by atoms with Crippen LogP contribution in [0.15, 0.2) is 59.3 Å². The third kappa shape index (κ3) is 3.61. The van der Waals surface area contributed by atoms with E-state index in [-0.39, 0.29) is 0 Å². The van der Waals surface area contributed by atoms with Crippen LogP contribution in [0, 0.1) is 18.3 Å². The van der Waals surface area contributed by atoms with Crippen molar-refractivity contribution < 1.29 is 0 Å². The molecule has 4 heterocycles. The van der Waals surface area contributed by atoms with Gasteiger partial charge in [-0.25, -0.2) is 4.98 Å². The molecule has 0 fully saturated rings. The summed E-state index contributed by atoms with van der Waals surface area (Å²) in [5.41, 5.74) is 11.9. The van der Waals surface area contributed by atoms with Crippen LogP contribution in [0.3, 0.4) is 0 Å². The quantitative estimate of drug-likeness (QED) is 0.676. The number of pyridine rings is 2. The largest absolute Gasteiger partial charge is 0.382 e. The number of rotatable bonds is 2. The maximum Gasteiger partial charge on any atom is 0.155 e. The van der Waals surface area contributed by atoms with E-state index in [0.29, 0.717) is 41.8 Å². The van der Waals surface area contributed by atoms with Gasteiger partial charge in [0.05, 0.1) is 22.7 Å². The normalized spacial score (nSPS) is 18.7. The summed E-state index contributed by atoms with van der Waals surface area (Å²) in [7, 11) is 0. The average molecular weight is 420 g/mol. The van der Waals surface area contributed by atoms with Crippen LogP contribution in [-0.2, 0) is 6.54 Å². The number of hydrogen-bond acceptors (Lipinski definition) is 7. The number of aromatic nitrogens is 5. The number of aryl methyl sites for hydroxylation is 1. The molecule has 5 rings (SSSR count). The van der Waals surface area contributed by atoms with Gasteiger partial charge < -0.3 is 5.73 Å². The maximum absolute atomic E-state index is 9.37. The van der Waals surface area contributed by atoms with E-state index in [2.05, 4.69) is 21.1 Å². The summed E-state index contributed by atoms with van der Waals surface area (Å²) >= 11 is 0. The molecule has 2 N–H and O–H groups in total. The zero-order valence-corrected chi connectivity index (χ0v) is 17.5. The fourth-order valence-electron chi connectivity index (χ4n) is 3.91. The first kappa shape index (κ1) is 19.6. The molecule has 0 spiro atoms. The van der Waals surface area contributed by atoms with Gasteiger partial charge in [-0.2, -0.15) is 15.2 Å². The van der Waals surface area contributed by atoms with Crippen LogP contribution in [0.4, 0.5) is 5.82 Å². The molecule has 0 aromatic carbocycles. The molecule has 32 heavy (non-hydrogen) atoms. The number of nitrogens with two attached hydrogens (primary N) is 1. The molecule has 0 bridgehead atoms. The van der Waals surface area contributed by atoms with Crippen molar-refractivity contribution in [3.8, 4) is 6.07 Å². The number of nitrogen functional groups attached to an aromatic ring is 1. The molecule has 1 aliphatic carbocycles. The third-order valence-electron chi connectivity index (χ3n) is 5.35. The SMILES string of the molecule is Cc1cccc(Cn2nc3c(N)nc(=C4C=C(C#N)C=CC4)c(=C4C=CN=CC4)c3n2)n1. The summed E-state index contributed by atoms with van der Waals surface area (Å²) in [6.07, 6.45) is 12.5. The van der Waals surface area contributed by atoms with E-state index >= 15 is 0 Å². The van der Waals surface area contributed by atoms with Crippen LogP contribution in [0.25, 0.3) is 22.2 Å². The van der Waals surface area contributed by atoms with Gasteiger partial charge in [-0.15, -0.1) is 5.10 Å². The highest BCUT2D eigenvalue weighted by Crippen LogP contribution is 2.17. The first-order valence-electron chi connectivity index (χ1n) is 10.3. The summed E-state index contributed by atoms with van der Waals surface area (Å²) < 4.78 is 0. The van der Waals surface area contributed by atoms with Gasteiger partial charge in [-0.1, -0.05) is 12.1 Å². The maximum atomic E-state index is 9.37. The van der Waals surface area contributed by atoms with Crippen LogP contribution in [0.2, 0.25) is 0 Å². The molecular formula is C24H20N8. The lowest BCUT2D eigenvalue weighted by atomic mass is 9.99. The van der Waals surface area contributed by atoms with Crippen molar-refractivity contribution >= 4 is 34.2 Å². The van der Waals surface area contributed by atoms with Gasteiger partial charge in [0, 0.05) is 29.7 Å². The summed E-state index contributed by atoms with van der Waals surface area (Å²) in [5, 5.41) is 20.4. The number of nitrogens with zero attached hydrogens (tertiary/aromatic N) is 7. The Morgan fingerprint density at radius 3 is 2.75 bits per heavy atom. The van der Waals surface area contributed by atoms with Gasteiger partial charge in [0.2, 0.25) is 0 Å². The first-order chi connectivity index (χ1) is 15.6. The van der Waals surface area contributed by atoms with Crippen molar-refractivity contribution in [1.82, 2.24) is 25.0 Å². The van der Waals surface area contributed by atoms with Crippen LogP contribution < -0.4 is 16.3 Å². The lowest BCUT2D eigenvalue weighted by molar-refractivity contribution is 0.589. The lowest BCUT2D eigenvalue weighted by Gasteiger charge is -2.08. The fraction of sp³-hybridized carbons (Fsp3) is 0.167. The number of nitriles is 1. The molecule has 2 aliphatic rings. The van der Waals surface area contributed by atoms with Crippen LogP contribution in [0.1, 0.15) is 24.2 Å². The van der Waals surface area contributed by atoms with Crippen molar-refractivity contribution in [2.45, 2.75) is 26.3 Å². The third-order valence-corrected chi connectivity index (χ3v) is 5.35. The van der Waals surface area contributed by atoms with Gasteiger partial charge in [0.1, 0.15) is 12.1 Å². The van der Waals surface area contributed by atoms with E-state index < -0.39 is 0 Å². The van der Waals surface area contributed by atoms with Gasteiger partial charge >= 0.3 is 0 Å². The molecule has 8 heteroatoms. The Hall–Kier alpha value is -4.38. The van der Waals surface area contributed by atoms with E-state index in [1.165, 1.54) is 0 Å². The number of anilines is 1. The molecule has 0 saturated carbocycles. The van der Waals surface area contributed by atoms with Gasteiger partial charge in [-0.3, -0.25) is 9.98 Å². The predicted octanol–water partition coefficient (Wildman–Crippen LogP) is 1.86. The Labute approximate surface area is 184 Å². The Morgan fingerprint density at radius 2 is 1.97 bits per heavy atom. The number of aliphatic imine (C=N–C) groups is 1. The molecule has 0 radical (unpaired) electrons. The van der Waals surface area contributed by atoms with Gasteiger partial charge in [0.25, 0.3) is 0 Å². The van der Waals surface area contributed by atoms with Gasteiger partial charge in [0.15, 0.2) is 11.3 Å². The summed E-state index contributed by atoms with van der Waals surface area (Å²) in [5.74, 6) is 0.310. The average Bonchev–Trinajstić information content (AvgIpc) is 3.23. The number of allylic oxidation sites excluding steroid dienone is 5. The summed E-state index contributed by atoms with van der Waals surface area (Å²) in [6.45, 7) is 2.38. The minimum Gasteiger partial charge on any atom is -0.382 e. The molecular weight excluding hydrogens is 400 g/mol. The molecule has 156 valence electrons. The summed E-state index contributed by atoms with van der Waals surface area (Å²) in [6, 6.07) is 8.07. The monoisotopic (exact) mass is 420 g/mol. The number of hydrogen-bond donors (Lipinski definition) is 1. The van der Waals surface area contributed by atoms with Crippen molar-refractivity contribution in [1.29, 1.82) is 5.26 Å². The number of fused-ring (bicyclic) bond motifs is 1. The van der Waals surface area contributed by atoms with Crippen LogP contribution in [-0.4, -0.2) is 31.2 Å². The van der Waals surface area contributed by atoms with E-state index in [1.54, 1.807) is 11.0 Å². The first-order valence-corrected chi connectivity index (χ1v) is 10.3. The Kier molecular flexibility index (Phi) is 4.92. The topological polar surface area (TPSA) is 119 Å². The van der Waals surface area contributed by atoms with E-state index in [1.807, 2.05) is 55.6 Å². The molecule has 1 aliphatic heterocycles. The highest BCUT2D eigenvalue weighted by atomic mass is 15.5. The summed E-state index contributed by atoms with van der Waals surface area (Å²) in [4.78, 5) is 15.1. The van der Waals surface area contributed by atoms with Crippen molar-refractivity contribution in [2.24, 2.45) is 4.99 Å². The zero-order chi connectivity index (χ0) is 22.1. The van der Waals surface area contributed by atoms with E-state index in [4.69, 9.17) is 15.8 Å². The molecule has 3 aromatic heterocycles. The molecule has 0 saturated heterocycles. The minimum absolute atomic E-state index is 0.310. The second-order valence-electron chi connectivity index (χ2n) is 7.64. The Balaban J connectivity index is 1.80. The Bertz CT molecular complexity index is 1530. The minimum atomic E-state index is 0.310. The van der Waals surface area contributed by atoms with Gasteiger partial charge in [-0.05, 0) is 54.9 Å². The predicted molar refractivity (Wildman–Crippen MR) is 124 cm³/mol.